The molecule has 0 bridgehead atoms. The maximum absolute atomic E-state index is 12.4. The van der Waals surface area contributed by atoms with Crippen molar-refractivity contribution in [1.82, 2.24) is 0 Å². The number of aliphatic hydroxyl groups excluding tert-OH is 1. The van der Waals surface area contributed by atoms with Crippen LogP contribution in [0.4, 0.5) is 0 Å². The van der Waals surface area contributed by atoms with Gasteiger partial charge in [-0.2, -0.15) is 0 Å². The first-order valence-corrected chi connectivity index (χ1v) is 9.25. The highest BCUT2D eigenvalue weighted by Gasteiger charge is 2.67. The van der Waals surface area contributed by atoms with Gasteiger partial charge in [-0.05, 0) is 81.5 Å². The van der Waals surface area contributed by atoms with E-state index in [-0.39, 0.29) is 17.4 Å². The number of Topliss-reactive ketones (excluding diaryl/α,β-unsaturated/α-hetero) is 1. The molecule has 0 unspecified atom stereocenters. The monoisotopic (exact) mass is 306 g/mol. The van der Waals surface area contributed by atoms with E-state index in [1.54, 1.807) is 0 Å². The minimum atomic E-state index is -0.767. The van der Waals surface area contributed by atoms with E-state index in [4.69, 9.17) is 0 Å². The van der Waals surface area contributed by atoms with Crippen LogP contribution in [0.25, 0.3) is 0 Å². The highest BCUT2D eigenvalue weighted by Crippen LogP contribution is 2.66. The second kappa shape index (κ2) is 4.57. The molecule has 0 aliphatic heterocycles. The molecule has 4 rings (SSSR count). The van der Waals surface area contributed by atoms with Gasteiger partial charge in [-0.25, -0.2) is 0 Å². The first kappa shape index (κ1) is 15.1. The maximum atomic E-state index is 12.4. The number of rotatable bonds is 0. The Bertz CT molecular complexity index is 503. The zero-order valence-corrected chi connectivity index (χ0v) is 14.0. The van der Waals surface area contributed by atoms with Crippen molar-refractivity contribution >= 4 is 5.78 Å². The Morgan fingerprint density at radius 3 is 2.55 bits per heavy atom. The summed E-state index contributed by atoms with van der Waals surface area (Å²) in [6, 6.07) is 0. The van der Waals surface area contributed by atoms with Crippen LogP contribution >= 0.6 is 0 Å². The second-order valence-corrected chi connectivity index (χ2v) is 9.14. The fraction of sp³-hybridized carbons (Fsp3) is 0.947. The van der Waals surface area contributed by atoms with E-state index in [2.05, 4.69) is 6.92 Å². The molecule has 0 radical (unpaired) electrons. The Morgan fingerprint density at radius 1 is 1.00 bits per heavy atom. The van der Waals surface area contributed by atoms with Crippen molar-refractivity contribution in [1.29, 1.82) is 0 Å². The summed E-state index contributed by atoms with van der Waals surface area (Å²) in [6.07, 6.45) is 8.13. The van der Waals surface area contributed by atoms with Crippen LogP contribution in [0.1, 0.15) is 71.6 Å². The molecule has 3 nitrogen and oxygen atoms in total. The third-order valence-corrected chi connectivity index (χ3v) is 8.54. The van der Waals surface area contributed by atoms with Crippen molar-refractivity contribution in [3.63, 3.8) is 0 Å². The quantitative estimate of drug-likeness (QED) is 0.723. The summed E-state index contributed by atoms with van der Waals surface area (Å²) in [6.45, 7) is 4.43. The Labute approximate surface area is 133 Å². The maximum Gasteiger partial charge on any atom is 0.141 e. The van der Waals surface area contributed by atoms with Crippen molar-refractivity contribution in [2.75, 3.05) is 0 Å². The van der Waals surface area contributed by atoms with E-state index in [1.807, 2.05) is 6.92 Å². The molecular formula is C19H30O3. The zero-order chi connectivity index (χ0) is 15.8. The Hall–Kier alpha value is -0.410. The van der Waals surface area contributed by atoms with E-state index in [0.717, 1.165) is 44.9 Å². The second-order valence-electron chi connectivity index (χ2n) is 9.14. The number of fused-ring (bicyclic) bond motifs is 5. The summed E-state index contributed by atoms with van der Waals surface area (Å²) in [5.74, 6) is 1.71. The van der Waals surface area contributed by atoms with Crippen LogP contribution in [-0.4, -0.2) is 27.7 Å². The summed E-state index contributed by atoms with van der Waals surface area (Å²) in [5, 5.41) is 21.6. The van der Waals surface area contributed by atoms with Crippen molar-refractivity contribution in [2.45, 2.75) is 83.3 Å². The molecular weight excluding hydrogens is 276 g/mol. The number of carbonyl (C=O) groups is 1. The minimum absolute atomic E-state index is 0.125. The van der Waals surface area contributed by atoms with E-state index in [1.165, 1.54) is 0 Å². The van der Waals surface area contributed by atoms with Gasteiger partial charge in [0.2, 0.25) is 0 Å². The summed E-state index contributed by atoms with van der Waals surface area (Å²) in [7, 11) is 0. The molecule has 2 N–H and O–H groups in total. The lowest BCUT2D eigenvalue weighted by molar-refractivity contribution is -0.202. The van der Waals surface area contributed by atoms with E-state index >= 15 is 0 Å². The molecule has 4 fully saturated rings. The van der Waals surface area contributed by atoms with E-state index in [0.29, 0.717) is 30.5 Å². The Morgan fingerprint density at radius 2 is 1.77 bits per heavy atom. The highest BCUT2D eigenvalue weighted by atomic mass is 16.3. The van der Waals surface area contributed by atoms with Crippen LogP contribution in [0.2, 0.25) is 0 Å². The number of carbonyl (C=O) groups excluding carboxylic acids is 1. The lowest BCUT2D eigenvalue weighted by atomic mass is 9.44. The third kappa shape index (κ3) is 1.67. The third-order valence-electron chi connectivity index (χ3n) is 8.54. The molecule has 0 aromatic heterocycles. The highest BCUT2D eigenvalue weighted by molar-refractivity contribution is 5.88. The lowest BCUT2D eigenvalue weighted by Crippen LogP contribution is -2.62. The normalized spacial score (nSPS) is 57.9. The molecule has 4 saturated carbocycles. The fourth-order valence-corrected chi connectivity index (χ4v) is 6.97. The van der Waals surface area contributed by atoms with Crippen molar-refractivity contribution in [3.8, 4) is 0 Å². The SMILES string of the molecule is C[C@]12CC[C@H](O)C[C@H]1CC[C@@H]1[C@@H]2CC[C@]2(C)C(=O)CC[C@@]12O. The molecule has 22 heavy (non-hydrogen) atoms. The molecule has 3 heteroatoms. The van der Waals surface area contributed by atoms with Gasteiger partial charge in [-0.15, -0.1) is 0 Å². The first-order valence-electron chi connectivity index (χ1n) is 9.25. The molecule has 4 aliphatic rings. The molecule has 0 aromatic rings. The van der Waals surface area contributed by atoms with Crippen LogP contribution in [-0.2, 0) is 4.79 Å². The molecule has 0 aromatic carbocycles. The fourth-order valence-electron chi connectivity index (χ4n) is 6.97. The number of aliphatic hydroxyl groups is 2. The van der Waals surface area contributed by atoms with Gasteiger partial charge >= 0.3 is 0 Å². The van der Waals surface area contributed by atoms with Crippen molar-refractivity contribution < 1.29 is 15.0 Å². The van der Waals surface area contributed by atoms with Crippen LogP contribution < -0.4 is 0 Å². The summed E-state index contributed by atoms with van der Waals surface area (Å²) in [4.78, 5) is 12.4. The smallest absolute Gasteiger partial charge is 0.141 e. The molecule has 124 valence electrons. The van der Waals surface area contributed by atoms with E-state index < -0.39 is 11.0 Å². The van der Waals surface area contributed by atoms with Crippen molar-refractivity contribution in [3.05, 3.63) is 0 Å². The standard InChI is InChI=1S/C19H30O3/c1-17-8-5-13(20)11-12(17)3-4-15-14(17)6-9-18(2)16(21)7-10-19(15,18)22/h12-15,20,22H,3-11H2,1-2H3/t12-,13+,14+,15-,17+,18-,19-/m1/s1. The molecule has 0 amide bonds. The molecule has 0 heterocycles. The van der Waals surface area contributed by atoms with E-state index in [9.17, 15) is 15.0 Å². The van der Waals surface area contributed by atoms with Gasteiger partial charge in [0.25, 0.3) is 0 Å². The van der Waals surface area contributed by atoms with Gasteiger partial charge in [0.1, 0.15) is 5.78 Å². The van der Waals surface area contributed by atoms with Gasteiger partial charge in [-0.1, -0.05) is 6.92 Å². The van der Waals surface area contributed by atoms with Crippen LogP contribution in [0.3, 0.4) is 0 Å². The number of hydrogen-bond donors (Lipinski definition) is 2. The Balaban J connectivity index is 1.69. The van der Waals surface area contributed by atoms with Crippen LogP contribution in [0.5, 0.6) is 0 Å². The van der Waals surface area contributed by atoms with Gasteiger partial charge in [0, 0.05) is 6.42 Å². The number of hydrogen-bond acceptors (Lipinski definition) is 3. The number of ketones is 1. The minimum Gasteiger partial charge on any atom is -0.393 e. The van der Waals surface area contributed by atoms with Gasteiger partial charge in [0.15, 0.2) is 0 Å². The van der Waals surface area contributed by atoms with Crippen molar-refractivity contribution in [2.24, 2.45) is 28.6 Å². The van der Waals surface area contributed by atoms with Gasteiger partial charge < -0.3 is 10.2 Å². The summed E-state index contributed by atoms with van der Waals surface area (Å²) < 4.78 is 0. The van der Waals surface area contributed by atoms with Crippen LogP contribution in [0.15, 0.2) is 0 Å². The molecule has 0 spiro atoms. The topological polar surface area (TPSA) is 57.5 Å². The zero-order valence-electron chi connectivity index (χ0n) is 14.0. The van der Waals surface area contributed by atoms with Crippen LogP contribution in [0, 0.1) is 28.6 Å². The largest absolute Gasteiger partial charge is 0.393 e. The molecule has 7 atom stereocenters. The summed E-state index contributed by atoms with van der Waals surface area (Å²) >= 11 is 0. The molecule has 4 aliphatic carbocycles. The Kier molecular flexibility index (Phi) is 3.14. The van der Waals surface area contributed by atoms with Gasteiger partial charge in [0.05, 0.1) is 17.1 Å². The average Bonchev–Trinajstić information content (AvgIpc) is 2.72. The first-order chi connectivity index (χ1) is 10.3. The predicted octanol–water partition coefficient (Wildman–Crippen LogP) is 3.07. The lowest BCUT2D eigenvalue weighted by Gasteiger charge is -2.62. The van der Waals surface area contributed by atoms with Gasteiger partial charge in [-0.3, -0.25) is 4.79 Å². The summed E-state index contributed by atoms with van der Waals surface area (Å²) in [5.41, 5.74) is -1.01. The predicted molar refractivity (Wildman–Crippen MR) is 84.2 cm³/mol. The average molecular weight is 306 g/mol. The molecule has 0 saturated heterocycles.